The van der Waals surface area contributed by atoms with Crippen molar-refractivity contribution in [2.24, 2.45) is 0 Å². The lowest BCUT2D eigenvalue weighted by atomic mass is 10.00. The monoisotopic (exact) mass is 460 g/mol. The van der Waals surface area contributed by atoms with Crippen molar-refractivity contribution in [1.29, 1.82) is 0 Å². The second kappa shape index (κ2) is 12.2. The summed E-state index contributed by atoms with van der Waals surface area (Å²) in [5.74, 6) is 0.600. The van der Waals surface area contributed by atoms with E-state index in [9.17, 15) is 9.59 Å². The van der Waals surface area contributed by atoms with E-state index in [1.807, 2.05) is 4.90 Å². The molecule has 0 bridgehead atoms. The van der Waals surface area contributed by atoms with E-state index < -0.39 is 0 Å². The van der Waals surface area contributed by atoms with Crippen LogP contribution in [0.5, 0.6) is 0 Å². The minimum Gasteiger partial charge on any atom is -0.461 e. The lowest BCUT2D eigenvalue weighted by molar-refractivity contribution is -0.128. The molecule has 2 heterocycles. The number of aromatic nitrogens is 1. The maximum atomic E-state index is 12.5. The Morgan fingerprint density at radius 3 is 2.77 bits per heavy atom. The normalized spacial score (nSPS) is 16.1. The molecule has 5 nitrogen and oxygen atoms in total. The maximum absolute atomic E-state index is 12.5. The summed E-state index contributed by atoms with van der Waals surface area (Å²) in [6.07, 6.45) is 7.72. The van der Waals surface area contributed by atoms with Crippen LogP contribution in [0.2, 0.25) is 0 Å². The number of unbranched alkanes of at least 4 members (excludes halogenated alkanes) is 3. The molecule has 1 amide bonds. The molecular weight excluding hydrogens is 428 g/mol. The Hall–Kier alpha value is -1.86. The van der Waals surface area contributed by atoms with Crippen LogP contribution in [-0.4, -0.2) is 40.7 Å². The van der Waals surface area contributed by atoms with Crippen molar-refractivity contribution in [2.45, 2.75) is 69.2 Å². The van der Waals surface area contributed by atoms with Gasteiger partial charge in [0.25, 0.3) is 0 Å². The molecule has 168 valence electrons. The number of carbonyl (C=O) groups is 2. The number of carbonyl (C=O) groups excluding carboxylic acids is 2. The molecule has 0 radical (unpaired) electrons. The highest BCUT2D eigenvalue weighted by Gasteiger charge is 2.31. The minimum atomic E-state index is -0.380. The molecule has 2 aromatic rings. The molecule has 31 heavy (non-hydrogen) atoms. The van der Waals surface area contributed by atoms with Gasteiger partial charge in [-0.05, 0) is 37.3 Å². The van der Waals surface area contributed by atoms with Gasteiger partial charge in [0.2, 0.25) is 5.91 Å². The van der Waals surface area contributed by atoms with E-state index in [0.29, 0.717) is 25.3 Å². The smallest absolute Gasteiger partial charge is 0.357 e. The molecule has 1 aliphatic heterocycles. The fraction of sp³-hybridized carbons (Fsp3) is 0.542. The van der Waals surface area contributed by atoms with Crippen molar-refractivity contribution < 1.29 is 14.3 Å². The predicted octanol–water partition coefficient (Wildman–Crippen LogP) is 5.90. The third-order valence-electron chi connectivity index (χ3n) is 5.54. The molecule has 1 aromatic heterocycles. The van der Waals surface area contributed by atoms with Crippen LogP contribution in [0.1, 0.15) is 80.0 Å². The van der Waals surface area contributed by atoms with Crippen molar-refractivity contribution in [1.82, 2.24) is 9.88 Å². The van der Waals surface area contributed by atoms with Gasteiger partial charge in [0.1, 0.15) is 0 Å². The van der Waals surface area contributed by atoms with Gasteiger partial charge in [0.15, 0.2) is 10.0 Å². The SMILES string of the molecule is CCCCCCc1ccc(C2CCC(=O)N2CCSc2nc(C(=O)OCC)cs2)cc1. The fourth-order valence-electron chi connectivity index (χ4n) is 3.88. The van der Waals surface area contributed by atoms with Gasteiger partial charge in [-0.2, -0.15) is 0 Å². The lowest BCUT2D eigenvalue weighted by Crippen LogP contribution is -2.29. The zero-order valence-corrected chi connectivity index (χ0v) is 20.1. The average Bonchev–Trinajstić information content (AvgIpc) is 3.39. The van der Waals surface area contributed by atoms with Gasteiger partial charge in [-0.3, -0.25) is 4.79 Å². The van der Waals surface area contributed by atoms with Gasteiger partial charge in [-0.15, -0.1) is 11.3 Å². The molecule has 0 aliphatic carbocycles. The van der Waals surface area contributed by atoms with Crippen molar-refractivity contribution >= 4 is 35.0 Å². The number of nitrogens with zero attached hydrogens (tertiary/aromatic N) is 2. The van der Waals surface area contributed by atoms with Crippen LogP contribution in [0.25, 0.3) is 0 Å². The molecule has 0 saturated carbocycles. The first-order chi connectivity index (χ1) is 15.1. The highest BCUT2D eigenvalue weighted by Crippen LogP contribution is 2.34. The van der Waals surface area contributed by atoms with Gasteiger partial charge in [-0.1, -0.05) is 62.2 Å². The van der Waals surface area contributed by atoms with E-state index in [2.05, 4.69) is 36.2 Å². The standard InChI is InChI=1S/C24H32N2O3S2/c1-3-5-6-7-8-18-9-11-19(12-10-18)21-13-14-22(27)26(21)15-16-30-24-25-20(17-31-24)23(28)29-4-2/h9-12,17,21H,3-8,13-16H2,1-2H3. The number of thioether (sulfide) groups is 1. The number of thiazole rings is 1. The van der Waals surface area contributed by atoms with Crippen LogP contribution in [0.15, 0.2) is 34.0 Å². The maximum Gasteiger partial charge on any atom is 0.357 e. The summed E-state index contributed by atoms with van der Waals surface area (Å²) >= 11 is 3.03. The Bertz CT molecular complexity index is 851. The predicted molar refractivity (Wildman–Crippen MR) is 127 cm³/mol. The van der Waals surface area contributed by atoms with Crippen LogP contribution in [0.3, 0.4) is 0 Å². The van der Waals surface area contributed by atoms with E-state index in [4.69, 9.17) is 4.74 Å². The Balaban J connectivity index is 1.51. The van der Waals surface area contributed by atoms with Crippen LogP contribution < -0.4 is 0 Å². The summed E-state index contributed by atoms with van der Waals surface area (Å²) in [7, 11) is 0. The zero-order chi connectivity index (χ0) is 22.1. The number of hydrogen-bond donors (Lipinski definition) is 0. The number of amides is 1. The second-order valence-electron chi connectivity index (χ2n) is 7.76. The van der Waals surface area contributed by atoms with Gasteiger partial charge in [-0.25, -0.2) is 9.78 Å². The molecule has 1 aromatic carbocycles. The molecule has 0 spiro atoms. The first-order valence-corrected chi connectivity index (χ1v) is 13.1. The van der Waals surface area contributed by atoms with Gasteiger partial charge >= 0.3 is 5.97 Å². The highest BCUT2D eigenvalue weighted by molar-refractivity contribution is 8.01. The molecule has 1 unspecified atom stereocenters. The average molecular weight is 461 g/mol. The minimum absolute atomic E-state index is 0.161. The third-order valence-corrected chi connectivity index (χ3v) is 7.54. The fourth-order valence-corrected chi connectivity index (χ4v) is 5.68. The van der Waals surface area contributed by atoms with Gasteiger partial charge in [0.05, 0.1) is 12.6 Å². The molecule has 1 saturated heterocycles. The summed E-state index contributed by atoms with van der Waals surface area (Å²) in [6, 6.07) is 9.01. The summed E-state index contributed by atoms with van der Waals surface area (Å²) in [5.41, 5.74) is 2.97. The molecule has 1 fully saturated rings. The van der Waals surface area contributed by atoms with E-state index in [0.717, 1.165) is 22.9 Å². The number of esters is 1. The third kappa shape index (κ3) is 6.81. The molecule has 3 rings (SSSR count). The molecule has 7 heteroatoms. The zero-order valence-electron chi connectivity index (χ0n) is 18.5. The van der Waals surface area contributed by atoms with Crippen molar-refractivity contribution in [3.8, 4) is 0 Å². The van der Waals surface area contributed by atoms with E-state index in [-0.39, 0.29) is 17.9 Å². The van der Waals surface area contributed by atoms with E-state index in [1.54, 1.807) is 24.1 Å². The summed E-state index contributed by atoms with van der Waals surface area (Å²) in [6.45, 7) is 5.04. The van der Waals surface area contributed by atoms with Gasteiger partial charge in [0, 0.05) is 24.1 Å². The number of hydrogen-bond acceptors (Lipinski definition) is 6. The Kier molecular flexibility index (Phi) is 9.40. The van der Waals surface area contributed by atoms with Gasteiger partial charge < -0.3 is 9.64 Å². The lowest BCUT2D eigenvalue weighted by Gasteiger charge is -2.25. The van der Waals surface area contributed by atoms with Crippen LogP contribution in [-0.2, 0) is 16.0 Å². The Labute approximate surface area is 193 Å². The Morgan fingerprint density at radius 1 is 1.23 bits per heavy atom. The van der Waals surface area contributed by atoms with E-state index in [1.165, 1.54) is 48.1 Å². The van der Waals surface area contributed by atoms with Crippen molar-refractivity contribution in [3.63, 3.8) is 0 Å². The number of aryl methyl sites for hydroxylation is 1. The Morgan fingerprint density at radius 2 is 2.03 bits per heavy atom. The van der Waals surface area contributed by atoms with Crippen LogP contribution in [0.4, 0.5) is 0 Å². The molecule has 1 aliphatic rings. The quantitative estimate of drug-likeness (QED) is 0.224. The highest BCUT2D eigenvalue weighted by atomic mass is 32.2. The van der Waals surface area contributed by atoms with Crippen LogP contribution >= 0.6 is 23.1 Å². The molecule has 1 atom stereocenters. The van der Waals surface area contributed by atoms with Crippen molar-refractivity contribution in [2.75, 3.05) is 18.9 Å². The summed E-state index contributed by atoms with van der Waals surface area (Å²) in [4.78, 5) is 30.6. The van der Waals surface area contributed by atoms with Crippen molar-refractivity contribution in [3.05, 3.63) is 46.5 Å². The van der Waals surface area contributed by atoms with Crippen LogP contribution in [0, 0.1) is 0 Å². The number of rotatable bonds is 12. The summed E-state index contributed by atoms with van der Waals surface area (Å²) in [5, 5.41) is 1.73. The molecule has 0 N–H and O–H groups in total. The number of likely N-dealkylation sites (tertiary alicyclic amines) is 1. The first-order valence-electron chi connectivity index (χ1n) is 11.3. The number of ether oxygens (including phenoxy) is 1. The topological polar surface area (TPSA) is 59.5 Å². The van der Waals surface area contributed by atoms with E-state index >= 15 is 0 Å². The second-order valence-corrected chi connectivity index (χ2v) is 9.96. The summed E-state index contributed by atoms with van der Waals surface area (Å²) < 4.78 is 5.82. The molecular formula is C24H32N2O3S2. The number of benzene rings is 1. The largest absolute Gasteiger partial charge is 0.461 e. The first kappa shape index (κ1) is 23.8.